The van der Waals surface area contributed by atoms with E-state index in [9.17, 15) is 4.79 Å². The zero-order chi connectivity index (χ0) is 17.8. The van der Waals surface area contributed by atoms with Gasteiger partial charge in [-0.05, 0) is 30.0 Å². The monoisotopic (exact) mass is 335 g/mol. The van der Waals surface area contributed by atoms with Gasteiger partial charge in [0, 0.05) is 26.1 Å². The van der Waals surface area contributed by atoms with Crippen LogP contribution in [-0.4, -0.2) is 30.5 Å². The third-order valence-corrected chi connectivity index (χ3v) is 4.24. The minimum atomic E-state index is 0.00334. The van der Waals surface area contributed by atoms with E-state index in [1.54, 1.807) is 25.5 Å². The summed E-state index contributed by atoms with van der Waals surface area (Å²) in [6, 6.07) is 9.81. The molecule has 6 nitrogen and oxygen atoms in total. The lowest BCUT2D eigenvalue weighted by Gasteiger charge is -2.12. The highest BCUT2D eigenvalue weighted by Gasteiger charge is 2.13. The van der Waals surface area contributed by atoms with Crippen LogP contribution in [0.2, 0.25) is 0 Å². The second kappa shape index (κ2) is 7.34. The summed E-state index contributed by atoms with van der Waals surface area (Å²) in [6.07, 6.45) is 4.47. The van der Waals surface area contributed by atoms with Crippen molar-refractivity contribution < 1.29 is 4.79 Å². The van der Waals surface area contributed by atoms with Crippen molar-refractivity contribution in [1.29, 1.82) is 0 Å². The molecule has 0 radical (unpaired) electrons. The van der Waals surface area contributed by atoms with Crippen LogP contribution in [0.3, 0.4) is 0 Å². The Morgan fingerprint density at radius 3 is 2.84 bits per heavy atom. The van der Waals surface area contributed by atoms with E-state index < -0.39 is 0 Å². The van der Waals surface area contributed by atoms with E-state index in [0.717, 1.165) is 17.8 Å². The molecule has 0 spiro atoms. The molecule has 2 aromatic heterocycles. The predicted octanol–water partition coefficient (Wildman–Crippen LogP) is 2.69. The molecule has 0 saturated heterocycles. The topological polar surface area (TPSA) is 73.6 Å². The Morgan fingerprint density at radius 2 is 2.12 bits per heavy atom. The molecule has 0 aliphatic heterocycles. The first kappa shape index (κ1) is 17.0. The van der Waals surface area contributed by atoms with Gasteiger partial charge in [-0.2, -0.15) is 0 Å². The first-order valence-corrected chi connectivity index (χ1v) is 8.27. The first-order chi connectivity index (χ1) is 12.0. The maximum Gasteiger partial charge on any atom is 0.185 e. The minimum absolute atomic E-state index is 0.00334. The Balaban J connectivity index is 1.73. The van der Waals surface area contributed by atoms with E-state index in [2.05, 4.69) is 39.2 Å². The van der Waals surface area contributed by atoms with Gasteiger partial charge in [0.2, 0.25) is 0 Å². The lowest BCUT2D eigenvalue weighted by molar-refractivity contribution is 0.0988. The molecular formula is C19H21N5O. The number of benzene rings is 1. The van der Waals surface area contributed by atoms with E-state index in [-0.39, 0.29) is 5.78 Å². The first-order valence-electron chi connectivity index (χ1n) is 8.27. The molecule has 128 valence electrons. The smallest absolute Gasteiger partial charge is 0.185 e. The van der Waals surface area contributed by atoms with E-state index in [4.69, 9.17) is 0 Å². The van der Waals surface area contributed by atoms with Crippen molar-refractivity contribution in [2.75, 3.05) is 0 Å². The van der Waals surface area contributed by atoms with Crippen LogP contribution in [0.5, 0.6) is 0 Å². The number of hydrogen-bond acceptors (Lipinski definition) is 5. The lowest BCUT2D eigenvalue weighted by Crippen LogP contribution is -2.08. The molecule has 0 bridgehead atoms. The molecule has 0 fully saturated rings. The summed E-state index contributed by atoms with van der Waals surface area (Å²) in [5.74, 6) is 1.85. The van der Waals surface area contributed by atoms with Crippen LogP contribution >= 0.6 is 0 Å². The van der Waals surface area contributed by atoms with E-state index in [0.29, 0.717) is 23.9 Å². The Labute approximate surface area is 147 Å². The van der Waals surface area contributed by atoms with Crippen LogP contribution in [0.4, 0.5) is 0 Å². The molecule has 1 atom stereocenters. The highest BCUT2D eigenvalue weighted by atomic mass is 16.1. The van der Waals surface area contributed by atoms with Crippen molar-refractivity contribution in [2.24, 2.45) is 7.05 Å². The summed E-state index contributed by atoms with van der Waals surface area (Å²) in [5, 5.41) is 8.07. The second-order valence-corrected chi connectivity index (χ2v) is 6.30. The van der Waals surface area contributed by atoms with Gasteiger partial charge in [0.1, 0.15) is 23.7 Å². The summed E-state index contributed by atoms with van der Waals surface area (Å²) in [5.41, 5.74) is 2.64. The van der Waals surface area contributed by atoms with Gasteiger partial charge in [-0.3, -0.25) is 4.79 Å². The molecule has 2 heterocycles. The molecule has 0 amide bonds. The van der Waals surface area contributed by atoms with Crippen LogP contribution < -0.4 is 0 Å². The third-order valence-electron chi connectivity index (χ3n) is 4.24. The highest BCUT2D eigenvalue weighted by Crippen LogP contribution is 2.21. The van der Waals surface area contributed by atoms with Gasteiger partial charge in [-0.15, -0.1) is 10.2 Å². The Kier molecular flexibility index (Phi) is 4.97. The van der Waals surface area contributed by atoms with Crippen molar-refractivity contribution in [2.45, 2.75) is 32.6 Å². The Bertz CT molecular complexity index is 887. The fraction of sp³-hybridized carbons (Fsp3) is 0.316. The summed E-state index contributed by atoms with van der Waals surface area (Å²) in [4.78, 5) is 20.7. The quantitative estimate of drug-likeness (QED) is 0.648. The number of Topliss-reactive ketones (excluding diaryl/α,β-unsaturated/α-hetero) is 1. The average molecular weight is 335 g/mol. The van der Waals surface area contributed by atoms with E-state index in [1.165, 1.54) is 5.56 Å². The normalized spacial score (nSPS) is 12.1. The van der Waals surface area contributed by atoms with Crippen LogP contribution in [0.25, 0.3) is 0 Å². The fourth-order valence-electron chi connectivity index (χ4n) is 2.78. The van der Waals surface area contributed by atoms with Gasteiger partial charge >= 0.3 is 0 Å². The Hall–Kier alpha value is -2.89. The van der Waals surface area contributed by atoms with Crippen LogP contribution in [0, 0.1) is 6.92 Å². The van der Waals surface area contributed by atoms with Crippen LogP contribution in [0.15, 0.2) is 42.9 Å². The van der Waals surface area contributed by atoms with Gasteiger partial charge < -0.3 is 4.57 Å². The van der Waals surface area contributed by atoms with Crippen LogP contribution in [0.1, 0.15) is 46.1 Å². The largest absolute Gasteiger partial charge is 0.321 e. The molecule has 3 aromatic rings. The summed E-state index contributed by atoms with van der Waals surface area (Å²) < 4.78 is 1.93. The Morgan fingerprint density at radius 1 is 1.28 bits per heavy atom. The minimum Gasteiger partial charge on any atom is -0.321 e. The zero-order valence-electron chi connectivity index (χ0n) is 14.7. The molecule has 25 heavy (non-hydrogen) atoms. The number of aromatic nitrogens is 5. The van der Waals surface area contributed by atoms with E-state index in [1.807, 2.05) is 23.7 Å². The van der Waals surface area contributed by atoms with Gasteiger partial charge in [-0.25, -0.2) is 9.97 Å². The molecule has 0 unspecified atom stereocenters. The predicted molar refractivity (Wildman–Crippen MR) is 94.4 cm³/mol. The number of carbonyl (C=O) groups is 1. The number of nitrogens with zero attached hydrogens (tertiary/aromatic N) is 5. The third kappa shape index (κ3) is 4.15. The van der Waals surface area contributed by atoms with Crippen molar-refractivity contribution in [3.05, 3.63) is 71.3 Å². The number of ketones is 1. The number of rotatable bonds is 6. The molecule has 0 aliphatic rings. The van der Waals surface area contributed by atoms with Crippen molar-refractivity contribution >= 4 is 5.78 Å². The SMILES string of the molecule is Cc1nccc(C(=O)Cc2cccc([C@H](C)Cc3nncn3C)c2)n1. The standard InChI is InChI=1S/C19H21N5O/c1-13(9-19-23-21-12-24(19)3)16-6-4-5-15(10-16)11-18(25)17-7-8-20-14(2)22-17/h4-8,10,12-13H,9,11H2,1-3H3/t13-/m1/s1. The zero-order valence-corrected chi connectivity index (χ0v) is 14.7. The van der Waals surface area contributed by atoms with Crippen molar-refractivity contribution in [1.82, 2.24) is 24.7 Å². The number of carbonyl (C=O) groups excluding carboxylic acids is 1. The van der Waals surface area contributed by atoms with Crippen molar-refractivity contribution in [3.63, 3.8) is 0 Å². The lowest BCUT2D eigenvalue weighted by atomic mass is 9.94. The summed E-state index contributed by atoms with van der Waals surface area (Å²) in [7, 11) is 1.95. The van der Waals surface area contributed by atoms with Gasteiger partial charge in [0.25, 0.3) is 0 Å². The fourth-order valence-corrected chi connectivity index (χ4v) is 2.78. The molecule has 0 aliphatic carbocycles. The van der Waals surface area contributed by atoms with Gasteiger partial charge in [-0.1, -0.05) is 31.2 Å². The van der Waals surface area contributed by atoms with Crippen LogP contribution in [-0.2, 0) is 19.9 Å². The highest BCUT2D eigenvalue weighted by molar-refractivity contribution is 5.95. The van der Waals surface area contributed by atoms with Crippen molar-refractivity contribution in [3.8, 4) is 0 Å². The van der Waals surface area contributed by atoms with Gasteiger partial charge in [0.15, 0.2) is 5.78 Å². The molecule has 0 saturated carbocycles. The maximum atomic E-state index is 12.4. The maximum absolute atomic E-state index is 12.4. The number of hydrogen-bond donors (Lipinski definition) is 0. The molecular weight excluding hydrogens is 314 g/mol. The molecule has 6 heteroatoms. The van der Waals surface area contributed by atoms with Gasteiger partial charge in [0.05, 0.1) is 0 Å². The summed E-state index contributed by atoms with van der Waals surface area (Å²) in [6.45, 7) is 3.94. The summed E-state index contributed by atoms with van der Waals surface area (Å²) >= 11 is 0. The average Bonchev–Trinajstić information content (AvgIpc) is 3.00. The van der Waals surface area contributed by atoms with E-state index >= 15 is 0 Å². The molecule has 1 aromatic carbocycles. The molecule has 0 N–H and O–H groups in total. The molecule has 3 rings (SSSR count). The number of aryl methyl sites for hydroxylation is 2. The second-order valence-electron chi connectivity index (χ2n) is 6.30.